The molecule has 1 nitrogen and oxygen atoms in total. The summed E-state index contributed by atoms with van der Waals surface area (Å²) in [5, 5.41) is 3.23. The molecule has 1 aliphatic carbocycles. The number of nitrogens with one attached hydrogen (secondary N) is 1. The van der Waals surface area contributed by atoms with Gasteiger partial charge < -0.3 is 5.32 Å². The van der Waals surface area contributed by atoms with Crippen LogP contribution in [0.25, 0.3) is 0 Å². The first kappa shape index (κ1) is 14.1. The smallest absolute Gasteiger partial charge is 0.149 e. The average molecular weight is 287 g/mol. The lowest BCUT2D eigenvalue weighted by atomic mass is 9.71. The standard InChI is InChI=1S/C18H19F2N/c1-18(2)10-9-16(13-5-3-4-6-14(13)18)21-17-8-7-12(19)11-15(17)20/h3-8,11,16,21H,9-10H2,1-2H3. The van der Waals surface area contributed by atoms with E-state index in [0.717, 1.165) is 18.9 Å². The van der Waals surface area contributed by atoms with Crippen molar-refractivity contribution < 1.29 is 8.78 Å². The third kappa shape index (κ3) is 2.65. The molecular weight excluding hydrogens is 268 g/mol. The number of benzene rings is 2. The Bertz CT molecular complexity index is 664. The second-order valence-electron chi connectivity index (χ2n) is 6.33. The molecule has 0 saturated carbocycles. The van der Waals surface area contributed by atoms with Crippen molar-refractivity contribution in [2.45, 2.75) is 38.1 Å². The Labute approximate surface area is 124 Å². The molecule has 1 N–H and O–H groups in total. The fourth-order valence-electron chi connectivity index (χ4n) is 3.16. The molecule has 0 aromatic heterocycles. The van der Waals surface area contributed by atoms with Crippen LogP contribution in [0.5, 0.6) is 0 Å². The van der Waals surface area contributed by atoms with E-state index in [4.69, 9.17) is 0 Å². The molecule has 3 rings (SSSR count). The first-order valence-electron chi connectivity index (χ1n) is 7.28. The number of halogens is 2. The molecule has 0 saturated heterocycles. The molecule has 0 aliphatic heterocycles. The second-order valence-corrected chi connectivity index (χ2v) is 6.33. The minimum Gasteiger partial charge on any atom is -0.376 e. The van der Waals surface area contributed by atoms with Crippen molar-refractivity contribution in [1.29, 1.82) is 0 Å². The lowest BCUT2D eigenvalue weighted by Crippen LogP contribution is -2.29. The highest BCUT2D eigenvalue weighted by Gasteiger charge is 2.32. The Balaban J connectivity index is 1.94. The molecular formula is C18H19F2N. The van der Waals surface area contributed by atoms with E-state index < -0.39 is 11.6 Å². The maximum atomic E-state index is 13.8. The van der Waals surface area contributed by atoms with Crippen molar-refractivity contribution in [2.75, 3.05) is 5.32 Å². The van der Waals surface area contributed by atoms with Crippen LogP contribution in [0.15, 0.2) is 42.5 Å². The minimum atomic E-state index is -0.553. The van der Waals surface area contributed by atoms with Gasteiger partial charge in [0.05, 0.1) is 11.7 Å². The van der Waals surface area contributed by atoms with Crippen molar-refractivity contribution in [3.05, 3.63) is 65.2 Å². The highest BCUT2D eigenvalue weighted by molar-refractivity contribution is 5.49. The summed E-state index contributed by atoms with van der Waals surface area (Å²) in [6.45, 7) is 4.47. The topological polar surface area (TPSA) is 12.0 Å². The van der Waals surface area contributed by atoms with E-state index >= 15 is 0 Å². The monoisotopic (exact) mass is 287 g/mol. The summed E-state index contributed by atoms with van der Waals surface area (Å²) in [4.78, 5) is 0. The van der Waals surface area contributed by atoms with E-state index in [1.165, 1.54) is 23.3 Å². The van der Waals surface area contributed by atoms with Gasteiger partial charge >= 0.3 is 0 Å². The number of hydrogen-bond donors (Lipinski definition) is 1. The first-order chi connectivity index (χ1) is 9.97. The zero-order chi connectivity index (χ0) is 15.0. The molecule has 0 radical (unpaired) electrons. The molecule has 110 valence electrons. The highest BCUT2D eigenvalue weighted by atomic mass is 19.1. The van der Waals surface area contributed by atoms with Crippen molar-refractivity contribution in [3.8, 4) is 0 Å². The molecule has 1 unspecified atom stereocenters. The molecule has 0 fully saturated rings. The van der Waals surface area contributed by atoms with Gasteiger partial charge in [-0.15, -0.1) is 0 Å². The predicted octanol–water partition coefficient (Wildman–Crippen LogP) is 5.19. The van der Waals surface area contributed by atoms with Gasteiger partial charge in [0.25, 0.3) is 0 Å². The van der Waals surface area contributed by atoms with Crippen LogP contribution < -0.4 is 5.32 Å². The summed E-state index contributed by atoms with van der Waals surface area (Å²) in [5.74, 6) is -1.10. The van der Waals surface area contributed by atoms with Crippen LogP contribution in [0, 0.1) is 11.6 Å². The molecule has 3 heteroatoms. The van der Waals surface area contributed by atoms with Gasteiger partial charge in [-0.05, 0) is 41.5 Å². The minimum absolute atomic E-state index is 0.0641. The van der Waals surface area contributed by atoms with Crippen LogP contribution in [0.3, 0.4) is 0 Å². The Morgan fingerprint density at radius 3 is 2.62 bits per heavy atom. The van der Waals surface area contributed by atoms with E-state index in [9.17, 15) is 8.78 Å². The van der Waals surface area contributed by atoms with Gasteiger partial charge in [-0.2, -0.15) is 0 Å². The fraction of sp³-hybridized carbons (Fsp3) is 0.333. The van der Waals surface area contributed by atoms with Crippen LogP contribution in [0.4, 0.5) is 14.5 Å². The van der Waals surface area contributed by atoms with Crippen molar-refractivity contribution in [3.63, 3.8) is 0 Å². The summed E-state index contributed by atoms with van der Waals surface area (Å²) < 4.78 is 26.8. The normalized spacial score (nSPS) is 19.9. The van der Waals surface area contributed by atoms with Crippen molar-refractivity contribution in [1.82, 2.24) is 0 Å². The summed E-state index contributed by atoms with van der Waals surface area (Å²) in [6, 6.07) is 12.0. The molecule has 1 atom stereocenters. The number of hydrogen-bond acceptors (Lipinski definition) is 1. The lowest BCUT2D eigenvalue weighted by molar-refractivity contribution is 0.405. The third-order valence-corrected chi connectivity index (χ3v) is 4.38. The number of fused-ring (bicyclic) bond motifs is 1. The molecule has 0 heterocycles. The van der Waals surface area contributed by atoms with Gasteiger partial charge in [0.1, 0.15) is 11.6 Å². The summed E-state index contributed by atoms with van der Waals surface area (Å²) >= 11 is 0. The van der Waals surface area contributed by atoms with E-state index in [-0.39, 0.29) is 11.5 Å². The van der Waals surface area contributed by atoms with E-state index in [2.05, 4.69) is 31.3 Å². The largest absolute Gasteiger partial charge is 0.376 e. The summed E-state index contributed by atoms with van der Waals surface area (Å²) in [7, 11) is 0. The lowest BCUT2D eigenvalue weighted by Gasteiger charge is -2.37. The van der Waals surface area contributed by atoms with Gasteiger partial charge in [0.2, 0.25) is 0 Å². The Hall–Kier alpha value is -1.90. The van der Waals surface area contributed by atoms with Crippen LogP contribution in [0.1, 0.15) is 43.9 Å². The molecule has 2 aromatic carbocycles. The average Bonchev–Trinajstić information content (AvgIpc) is 2.45. The van der Waals surface area contributed by atoms with Crippen molar-refractivity contribution >= 4 is 5.69 Å². The zero-order valence-electron chi connectivity index (χ0n) is 12.3. The third-order valence-electron chi connectivity index (χ3n) is 4.38. The van der Waals surface area contributed by atoms with Crippen molar-refractivity contribution in [2.24, 2.45) is 0 Å². The molecule has 0 spiro atoms. The summed E-state index contributed by atoms with van der Waals surface area (Å²) in [5.41, 5.74) is 3.00. The summed E-state index contributed by atoms with van der Waals surface area (Å²) in [6.07, 6.45) is 1.96. The van der Waals surface area contributed by atoms with Crippen LogP contribution in [-0.2, 0) is 5.41 Å². The van der Waals surface area contributed by atoms with E-state index in [1.807, 2.05) is 12.1 Å². The van der Waals surface area contributed by atoms with Crippen LogP contribution >= 0.6 is 0 Å². The molecule has 21 heavy (non-hydrogen) atoms. The SMILES string of the molecule is CC1(C)CCC(Nc2ccc(F)cc2F)c2ccccc21. The maximum Gasteiger partial charge on any atom is 0.149 e. The van der Waals surface area contributed by atoms with Gasteiger partial charge in [-0.3, -0.25) is 0 Å². The number of anilines is 1. The second kappa shape index (κ2) is 5.14. The Kier molecular flexibility index (Phi) is 3.44. The van der Waals surface area contributed by atoms with Gasteiger partial charge in [-0.25, -0.2) is 8.78 Å². The predicted molar refractivity (Wildman–Crippen MR) is 81.4 cm³/mol. The molecule has 1 aliphatic rings. The molecule has 0 bridgehead atoms. The maximum absolute atomic E-state index is 13.8. The molecule has 0 amide bonds. The molecule has 2 aromatic rings. The zero-order valence-corrected chi connectivity index (χ0v) is 12.3. The van der Waals surface area contributed by atoms with Crippen LogP contribution in [-0.4, -0.2) is 0 Å². The van der Waals surface area contributed by atoms with E-state index in [0.29, 0.717) is 5.69 Å². The first-order valence-corrected chi connectivity index (χ1v) is 7.28. The number of rotatable bonds is 2. The van der Waals surface area contributed by atoms with Crippen LogP contribution in [0.2, 0.25) is 0 Å². The Morgan fingerprint density at radius 1 is 1.10 bits per heavy atom. The van der Waals surface area contributed by atoms with Gasteiger partial charge in [-0.1, -0.05) is 38.1 Å². The van der Waals surface area contributed by atoms with Gasteiger partial charge in [0, 0.05) is 6.07 Å². The highest BCUT2D eigenvalue weighted by Crippen LogP contribution is 2.42. The van der Waals surface area contributed by atoms with E-state index in [1.54, 1.807) is 0 Å². The fourth-order valence-corrected chi connectivity index (χ4v) is 3.16. The van der Waals surface area contributed by atoms with Gasteiger partial charge in [0.15, 0.2) is 0 Å². The Morgan fingerprint density at radius 2 is 1.86 bits per heavy atom. The quantitative estimate of drug-likeness (QED) is 0.801.